The van der Waals surface area contributed by atoms with Crippen molar-refractivity contribution in [2.24, 2.45) is 17.6 Å². The zero-order valence-corrected chi connectivity index (χ0v) is 15.2. The van der Waals surface area contributed by atoms with E-state index in [2.05, 4.69) is 5.32 Å². The van der Waals surface area contributed by atoms with E-state index in [1.54, 1.807) is 7.11 Å². The molecule has 7 nitrogen and oxygen atoms in total. The number of carbonyl (C=O) groups excluding carboxylic acids is 2. The number of likely N-dealkylation sites (tertiary alicyclic amines) is 1. The normalized spacial score (nSPS) is 20.7. The van der Waals surface area contributed by atoms with Crippen LogP contribution < -0.4 is 20.5 Å². The fourth-order valence-electron chi connectivity index (χ4n) is 3.64. The molecular formula is C19H27N3O4. The van der Waals surface area contributed by atoms with Gasteiger partial charge in [0.05, 0.1) is 20.3 Å². The summed E-state index contributed by atoms with van der Waals surface area (Å²) in [5.41, 5.74) is 6.37. The van der Waals surface area contributed by atoms with Crippen molar-refractivity contribution in [3.63, 3.8) is 0 Å². The molecule has 2 aliphatic rings. The van der Waals surface area contributed by atoms with Gasteiger partial charge in [0, 0.05) is 24.4 Å². The maximum Gasteiger partial charge on any atom is 0.231 e. The smallest absolute Gasteiger partial charge is 0.231 e. The number of methoxy groups -OCH3 is 1. The minimum absolute atomic E-state index is 0.0141. The average Bonchev–Trinajstić information content (AvgIpc) is 2.65. The summed E-state index contributed by atoms with van der Waals surface area (Å²) in [7, 11) is 1.64. The second-order valence-corrected chi connectivity index (χ2v) is 7.12. The van der Waals surface area contributed by atoms with Crippen LogP contribution in [-0.4, -0.2) is 56.6 Å². The van der Waals surface area contributed by atoms with Crippen molar-refractivity contribution in [1.82, 2.24) is 10.2 Å². The van der Waals surface area contributed by atoms with Gasteiger partial charge in [-0.1, -0.05) is 6.07 Å². The molecule has 2 aliphatic heterocycles. The zero-order chi connectivity index (χ0) is 18.5. The van der Waals surface area contributed by atoms with Gasteiger partial charge >= 0.3 is 0 Å². The summed E-state index contributed by atoms with van der Waals surface area (Å²) in [5, 5.41) is 3.08. The monoisotopic (exact) mass is 361 g/mol. The summed E-state index contributed by atoms with van der Waals surface area (Å²) in [4.78, 5) is 25.4. The molecule has 3 rings (SSSR count). The van der Waals surface area contributed by atoms with Crippen molar-refractivity contribution < 1.29 is 19.1 Å². The van der Waals surface area contributed by atoms with Crippen LogP contribution in [0.4, 0.5) is 0 Å². The third kappa shape index (κ3) is 4.66. The lowest BCUT2D eigenvalue weighted by Crippen LogP contribution is -2.44. The Balaban J connectivity index is 1.43. The first-order chi connectivity index (χ1) is 12.5. The van der Waals surface area contributed by atoms with Crippen LogP contribution in [0.3, 0.4) is 0 Å². The van der Waals surface area contributed by atoms with E-state index in [0.717, 1.165) is 49.4 Å². The first kappa shape index (κ1) is 18.5. The standard InChI is InChI=1S/C19H27N3O4/c1-25-16-3-2-15-8-13(12-26-17(15)9-16)10-21-19(24)14-4-6-22(7-5-14)11-18(20)23/h2-3,9,13-14H,4-8,10-12H2,1H3,(H2,20,23)(H,21,24). The second-order valence-electron chi connectivity index (χ2n) is 7.12. The Morgan fingerprint density at radius 2 is 2.12 bits per heavy atom. The molecule has 3 N–H and O–H groups in total. The molecule has 1 fully saturated rings. The summed E-state index contributed by atoms with van der Waals surface area (Å²) in [6, 6.07) is 5.86. The highest BCUT2D eigenvalue weighted by molar-refractivity contribution is 5.79. The molecule has 2 amide bonds. The fourth-order valence-corrected chi connectivity index (χ4v) is 3.64. The van der Waals surface area contributed by atoms with E-state index >= 15 is 0 Å². The van der Waals surface area contributed by atoms with Crippen LogP contribution in [0.5, 0.6) is 11.5 Å². The second kappa shape index (κ2) is 8.40. The lowest BCUT2D eigenvalue weighted by molar-refractivity contribution is -0.126. The van der Waals surface area contributed by atoms with Gasteiger partial charge < -0.3 is 20.5 Å². The number of rotatable bonds is 6. The molecule has 1 saturated heterocycles. The molecule has 0 spiro atoms. The molecule has 0 radical (unpaired) electrons. The number of nitrogens with one attached hydrogen (secondary N) is 1. The van der Waals surface area contributed by atoms with Crippen molar-refractivity contribution in [3.8, 4) is 11.5 Å². The third-order valence-electron chi connectivity index (χ3n) is 5.16. The number of fused-ring (bicyclic) bond motifs is 1. The third-order valence-corrected chi connectivity index (χ3v) is 5.16. The lowest BCUT2D eigenvalue weighted by Gasteiger charge is -2.31. The van der Waals surface area contributed by atoms with Crippen LogP contribution in [0.1, 0.15) is 18.4 Å². The van der Waals surface area contributed by atoms with Crippen molar-refractivity contribution in [2.75, 3.05) is 39.9 Å². The summed E-state index contributed by atoms with van der Waals surface area (Å²) in [5.74, 6) is 1.73. The Morgan fingerprint density at radius 1 is 1.35 bits per heavy atom. The SMILES string of the molecule is COc1ccc2c(c1)OCC(CNC(=O)C1CCN(CC(N)=O)CC1)C2. The molecule has 0 aromatic heterocycles. The maximum absolute atomic E-state index is 12.4. The van der Waals surface area contributed by atoms with E-state index < -0.39 is 0 Å². The van der Waals surface area contributed by atoms with E-state index in [1.807, 2.05) is 23.1 Å². The summed E-state index contributed by atoms with van der Waals surface area (Å²) >= 11 is 0. The fraction of sp³-hybridized carbons (Fsp3) is 0.579. The number of amides is 2. The topological polar surface area (TPSA) is 93.9 Å². The molecular weight excluding hydrogens is 334 g/mol. The Morgan fingerprint density at radius 3 is 2.81 bits per heavy atom. The van der Waals surface area contributed by atoms with E-state index in [1.165, 1.54) is 0 Å². The molecule has 1 aromatic rings. The lowest BCUT2D eigenvalue weighted by atomic mass is 9.94. The quantitative estimate of drug-likeness (QED) is 0.772. The van der Waals surface area contributed by atoms with E-state index in [-0.39, 0.29) is 30.2 Å². The number of hydrogen-bond donors (Lipinski definition) is 2. The zero-order valence-electron chi connectivity index (χ0n) is 15.2. The van der Waals surface area contributed by atoms with Gasteiger partial charge in [0.15, 0.2) is 0 Å². The number of carbonyl (C=O) groups is 2. The molecule has 26 heavy (non-hydrogen) atoms. The van der Waals surface area contributed by atoms with Crippen LogP contribution in [0.25, 0.3) is 0 Å². The Bertz CT molecular complexity index is 656. The highest BCUT2D eigenvalue weighted by Gasteiger charge is 2.27. The van der Waals surface area contributed by atoms with Crippen LogP contribution in [0, 0.1) is 11.8 Å². The van der Waals surface area contributed by atoms with Crippen molar-refractivity contribution >= 4 is 11.8 Å². The minimum atomic E-state index is -0.317. The number of ether oxygens (including phenoxy) is 2. The first-order valence-corrected chi connectivity index (χ1v) is 9.13. The van der Waals surface area contributed by atoms with Crippen molar-refractivity contribution in [1.29, 1.82) is 0 Å². The minimum Gasteiger partial charge on any atom is -0.497 e. The molecule has 2 heterocycles. The van der Waals surface area contributed by atoms with Gasteiger partial charge in [-0.2, -0.15) is 0 Å². The van der Waals surface area contributed by atoms with Gasteiger partial charge in [-0.15, -0.1) is 0 Å². The van der Waals surface area contributed by atoms with Crippen LogP contribution in [0.2, 0.25) is 0 Å². The average molecular weight is 361 g/mol. The number of hydrogen-bond acceptors (Lipinski definition) is 5. The summed E-state index contributed by atoms with van der Waals surface area (Å²) in [6.45, 7) is 2.97. The first-order valence-electron chi connectivity index (χ1n) is 9.13. The van der Waals surface area contributed by atoms with Gasteiger partial charge in [-0.05, 0) is 44.0 Å². The molecule has 7 heteroatoms. The van der Waals surface area contributed by atoms with Crippen LogP contribution >= 0.6 is 0 Å². The molecule has 142 valence electrons. The Kier molecular flexibility index (Phi) is 5.98. The van der Waals surface area contributed by atoms with Crippen LogP contribution in [-0.2, 0) is 16.0 Å². The predicted molar refractivity (Wildman–Crippen MR) is 97.1 cm³/mol. The van der Waals surface area contributed by atoms with Gasteiger partial charge in [0.25, 0.3) is 0 Å². The number of nitrogens with zero attached hydrogens (tertiary/aromatic N) is 1. The highest BCUT2D eigenvalue weighted by Crippen LogP contribution is 2.30. The predicted octanol–water partition coefficient (Wildman–Crippen LogP) is 0.560. The van der Waals surface area contributed by atoms with Crippen LogP contribution in [0.15, 0.2) is 18.2 Å². The Hall–Kier alpha value is -2.28. The van der Waals surface area contributed by atoms with Gasteiger partial charge in [-0.25, -0.2) is 0 Å². The van der Waals surface area contributed by atoms with Gasteiger partial charge in [-0.3, -0.25) is 14.5 Å². The summed E-state index contributed by atoms with van der Waals surface area (Å²) < 4.78 is 11.0. The molecule has 1 unspecified atom stereocenters. The number of nitrogens with two attached hydrogens (primary N) is 1. The highest BCUT2D eigenvalue weighted by atomic mass is 16.5. The van der Waals surface area contributed by atoms with Gasteiger partial charge in [0.1, 0.15) is 11.5 Å². The molecule has 0 bridgehead atoms. The van der Waals surface area contributed by atoms with E-state index in [0.29, 0.717) is 13.2 Å². The van der Waals surface area contributed by atoms with E-state index in [4.69, 9.17) is 15.2 Å². The number of benzene rings is 1. The summed E-state index contributed by atoms with van der Waals surface area (Å²) in [6.07, 6.45) is 2.42. The number of piperidine rings is 1. The van der Waals surface area contributed by atoms with Crippen molar-refractivity contribution in [2.45, 2.75) is 19.3 Å². The van der Waals surface area contributed by atoms with Gasteiger partial charge in [0.2, 0.25) is 11.8 Å². The largest absolute Gasteiger partial charge is 0.497 e. The van der Waals surface area contributed by atoms with E-state index in [9.17, 15) is 9.59 Å². The number of primary amides is 1. The van der Waals surface area contributed by atoms with Crippen molar-refractivity contribution in [3.05, 3.63) is 23.8 Å². The molecule has 0 aliphatic carbocycles. The Labute approximate surface area is 153 Å². The maximum atomic E-state index is 12.4. The molecule has 0 saturated carbocycles. The molecule has 1 aromatic carbocycles. The molecule has 1 atom stereocenters.